The van der Waals surface area contributed by atoms with E-state index in [9.17, 15) is 0 Å². The van der Waals surface area contributed by atoms with E-state index in [1.54, 1.807) is 0 Å². The zero-order chi connectivity index (χ0) is 4.69. The van der Waals surface area contributed by atoms with Gasteiger partial charge in [0.05, 0.1) is 0 Å². The summed E-state index contributed by atoms with van der Waals surface area (Å²) in [6.45, 7) is 0. The van der Waals surface area contributed by atoms with Crippen LogP contribution in [-0.2, 0) is 0 Å². The van der Waals surface area contributed by atoms with E-state index < -0.39 is 0 Å². The van der Waals surface area contributed by atoms with Gasteiger partial charge >= 0.3 is 69.9 Å². The van der Waals surface area contributed by atoms with Crippen LogP contribution in [0.2, 0.25) is 0 Å². The molecule has 0 saturated carbocycles. The minimum absolute atomic E-state index is 0.903. The second-order valence-corrected chi connectivity index (χ2v) is 64.2. The molecule has 7 heavy (non-hydrogen) atoms. The molecule has 2 rings (SSSR count). The van der Waals surface area contributed by atoms with Gasteiger partial charge < -0.3 is 0 Å². The second kappa shape index (κ2) is 3.07. The molecule has 0 fully saturated rings. The van der Waals surface area contributed by atoms with E-state index in [0.717, 1.165) is 7.09 Å². The van der Waals surface area contributed by atoms with Gasteiger partial charge in [-0.3, -0.25) is 0 Å². The molecule has 0 spiro atoms. The van der Waals surface area contributed by atoms with Gasteiger partial charge in [-0.1, -0.05) is 0 Å². The van der Waals surface area contributed by atoms with Gasteiger partial charge in [0.2, 0.25) is 0 Å². The zero-order valence-corrected chi connectivity index (χ0v) is 13.3. The topological polar surface area (TPSA) is 0 Å². The standard InChI is InChI=1S/P2Se5/c3-1-4-6-2(3)7-5-1/q+2. The van der Waals surface area contributed by atoms with Gasteiger partial charge in [-0.2, -0.15) is 0 Å². The molecular formula is P2Se5+2. The first-order valence-electron chi connectivity index (χ1n) is 1.43. The number of fused-ring (bicyclic) bond motifs is 2. The quantitative estimate of drug-likeness (QED) is 0.350. The fourth-order valence-corrected chi connectivity index (χ4v) is 329. The maximum absolute atomic E-state index is 1.34. The summed E-state index contributed by atoms with van der Waals surface area (Å²) in [5.41, 5.74) is 0. The van der Waals surface area contributed by atoms with Crippen molar-refractivity contribution in [3.8, 4) is 0 Å². The van der Waals surface area contributed by atoms with Crippen LogP contribution < -0.4 is 0 Å². The van der Waals surface area contributed by atoms with E-state index in [4.69, 9.17) is 0 Å². The first-order chi connectivity index (χ1) is 3.45. The van der Waals surface area contributed by atoms with Crippen LogP contribution in [0.15, 0.2) is 0 Å². The van der Waals surface area contributed by atoms with Gasteiger partial charge in [0.25, 0.3) is 0 Å². The van der Waals surface area contributed by atoms with E-state index >= 15 is 0 Å². The Hall–Kier alpha value is 3.20. The average Bonchev–Trinajstić information content (AvgIpc) is 2.22. The van der Waals surface area contributed by atoms with Crippen molar-refractivity contribution in [3.63, 3.8) is 0 Å². The van der Waals surface area contributed by atoms with Crippen molar-refractivity contribution in [1.29, 1.82) is 0 Å². The summed E-state index contributed by atoms with van der Waals surface area (Å²) in [4.78, 5) is 0. The Balaban J connectivity index is 2.65. The molecule has 2 aliphatic heterocycles. The first-order valence-corrected chi connectivity index (χ1v) is 26.1. The third-order valence-electron chi connectivity index (χ3n) is 0.443. The average molecular weight is 457 g/mol. The van der Waals surface area contributed by atoms with E-state index in [-0.39, 0.29) is 0 Å². The van der Waals surface area contributed by atoms with Crippen molar-refractivity contribution in [2.45, 2.75) is 0 Å². The molecule has 4 radical (unpaired) electrons. The third-order valence-corrected chi connectivity index (χ3v) is 151. The third kappa shape index (κ3) is 1.61. The molecule has 0 amide bonds. The molecule has 0 nitrogen and oxygen atoms in total. The molecule has 2 aliphatic rings. The molecule has 0 aromatic heterocycles. The Bertz CT molecular complexity index is 166. The second-order valence-electron chi connectivity index (χ2n) is 0.827. The van der Waals surface area contributed by atoms with Crippen molar-refractivity contribution >= 4 is 69.9 Å². The van der Waals surface area contributed by atoms with Gasteiger partial charge in [-0.25, -0.2) is 0 Å². The Morgan fingerprint density at radius 3 is 1.57 bits per heavy atom. The molecule has 0 N–H and O–H groups in total. The Labute approximate surface area is 68.6 Å². The van der Waals surface area contributed by atoms with E-state index in [0.29, 0.717) is 0 Å². The molecule has 7 heteroatoms. The summed E-state index contributed by atoms with van der Waals surface area (Å²) in [6.07, 6.45) is 0. The predicted octanol–water partition coefficient (Wildman–Crippen LogP) is -0.182. The van der Waals surface area contributed by atoms with Gasteiger partial charge in [-0.15, -0.1) is 0 Å². The van der Waals surface area contributed by atoms with Crippen molar-refractivity contribution in [2.75, 3.05) is 0 Å². The van der Waals surface area contributed by atoms with Crippen LogP contribution >= 0.6 is 7.09 Å². The van der Waals surface area contributed by atoms with Gasteiger partial charge in [0, 0.05) is 0 Å². The van der Waals surface area contributed by atoms with E-state index in [1.165, 1.54) is 62.8 Å². The van der Waals surface area contributed by atoms with Crippen LogP contribution in [0.5, 0.6) is 0 Å². The maximum atomic E-state index is 1.34. The van der Waals surface area contributed by atoms with Crippen LogP contribution in [0.1, 0.15) is 0 Å². The summed E-state index contributed by atoms with van der Waals surface area (Å²) >= 11 is 6.59. The molecular weight excluding hydrogens is 457 g/mol. The van der Waals surface area contributed by atoms with Crippen LogP contribution in [0.25, 0.3) is 0 Å². The van der Waals surface area contributed by atoms with Crippen molar-refractivity contribution in [3.05, 3.63) is 0 Å². The summed E-state index contributed by atoms with van der Waals surface area (Å²) in [7, 11) is 0. The normalized spacial score (nSPS) is 33.1. The van der Waals surface area contributed by atoms with Gasteiger partial charge in [-0.05, 0) is 0 Å². The Morgan fingerprint density at radius 2 is 1.43 bits per heavy atom. The molecule has 2 atom stereocenters. The minimum atomic E-state index is 0.903. The van der Waals surface area contributed by atoms with Crippen molar-refractivity contribution in [2.24, 2.45) is 0 Å². The fourth-order valence-electron chi connectivity index (χ4n) is 0.243. The molecule has 0 saturated heterocycles. The summed E-state index contributed by atoms with van der Waals surface area (Å²) < 4.78 is 1.81. The van der Waals surface area contributed by atoms with E-state index in [1.807, 2.05) is 0 Å². The van der Waals surface area contributed by atoms with Crippen LogP contribution in [0, 0.1) is 0 Å². The number of hydrogen-bond acceptors (Lipinski definition) is 0. The van der Waals surface area contributed by atoms with E-state index in [2.05, 4.69) is 0 Å². The molecule has 38 valence electrons. The predicted molar refractivity (Wildman–Crippen MR) is 42.6 cm³/mol. The SMILES string of the molecule is [Se]1[P+]2=[Se][Se]=[P+]1[Se]=[Se]2. The Kier molecular flexibility index (Phi) is 3.01. The zero-order valence-electron chi connectivity index (χ0n) is 2.94. The van der Waals surface area contributed by atoms with Crippen LogP contribution in [-0.4, -0.2) is 62.8 Å². The summed E-state index contributed by atoms with van der Waals surface area (Å²) in [5.74, 6) is 0. The first kappa shape index (κ1) is 6.88. The van der Waals surface area contributed by atoms with Gasteiger partial charge in [0.1, 0.15) is 0 Å². The molecule has 0 aliphatic carbocycles. The molecule has 0 aromatic carbocycles. The fraction of sp³-hybridized carbons (Fsp3) is 0. The molecule has 2 unspecified atom stereocenters. The van der Waals surface area contributed by atoms with Crippen LogP contribution in [0.3, 0.4) is 0 Å². The Morgan fingerprint density at radius 1 is 0.857 bits per heavy atom. The summed E-state index contributed by atoms with van der Waals surface area (Å²) in [5, 5.41) is 0. The monoisotopic (exact) mass is 462 g/mol. The molecule has 0 aromatic rings. The molecule has 2 heterocycles. The van der Waals surface area contributed by atoms with Crippen molar-refractivity contribution in [1.82, 2.24) is 0 Å². The number of rotatable bonds is 0. The molecule has 2 bridgehead atoms. The number of hydrogen-bond donors (Lipinski definition) is 0. The van der Waals surface area contributed by atoms with Crippen LogP contribution in [0.4, 0.5) is 0 Å². The van der Waals surface area contributed by atoms with Gasteiger partial charge in [0.15, 0.2) is 0 Å². The summed E-state index contributed by atoms with van der Waals surface area (Å²) in [6, 6.07) is 0. The van der Waals surface area contributed by atoms with Crippen molar-refractivity contribution < 1.29 is 0 Å².